The molecule has 37 heavy (non-hydrogen) atoms. The van der Waals surface area contributed by atoms with Crippen LogP contribution in [0, 0.1) is 6.92 Å². The van der Waals surface area contributed by atoms with E-state index in [4.69, 9.17) is 11.6 Å². The van der Waals surface area contributed by atoms with E-state index in [-0.39, 0.29) is 29.6 Å². The molecule has 3 aromatic rings. The van der Waals surface area contributed by atoms with Gasteiger partial charge in [0.1, 0.15) is 12.6 Å². The fraction of sp³-hybridized carbons (Fsp3) is 0.286. The van der Waals surface area contributed by atoms with E-state index < -0.39 is 28.5 Å². The summed E-state index contributed by atoms with van der Waals surface area (Å²) >= 11 is 6.30. The molecule has 0 heterocycles. The number of carbonyl (C=O) groups excluding carboxylic acids is 2. The average Bonchev–Trinajstić information content (AvgIpc) is 2.85. The van der Waals surface area contributed by atoms with Crippen LogP contribution in [0.5, 0.6) is 0 Å². The number of amides is 2. The molecule has 7 nitrogen and oxygen atoms in total. The molecule has 0 unspecified atom stereocenters. The Morgan fingerprint density at radius 3 is 2.22 bits per heavy atom. The zero-order valence-corrected chi connectivity index (χ0v) is 22.8. The molecule has 0 spiro atoms. The molecule has 0 radical (unpaired) electrons. The van der Waals surface area contributed by atoms with Crippen molar-refractivity contribution in [3.8, 4) is 0 Å². The van der Waals surface area contributed by atoms with Crippen LogP contribution in [0.4, 0.5) is 5.69 Å². The van der Waals surface area contributed by atoms with Crippen molar-refractivity contribution in [2.24, 2.45) is 0 Å². The smallest absolute Gasteiger partial charge is 0.244 e. The molecule has 2 amide bonds. The predicted octanol–water partition coefficient (Wildman–Crippen LogP) is 4.19. The molecule has 0 saturated heterocycles. The predicted molar refractivity (Wildman–Crippen MR) is 148 cm³/mol. The van der Waals surface area contributed by atoms with Gasteiger partial charge in [-0.2, -0.15) is 0 Å². The van der Waals surface area contributed by atoms with E-state index in [1.54, 1.807) is 24.3 Å². The quantitative estimate of drug-likeness (QED) is 0.394. The van der Waals surface area contributed by atoms with Gasteiger partial charge in [-0.25, -0.2) is 8.42 Å². The number of likely N-dealkylation sites (N-methyl/N-ethyl adjacent to an activating group) is 1. The normalized spacial score (nSPS) is 12.0. The Morgan fingerprint density at radius 1 is 0.946 bits per heavy atom. The molecule has 0 fully saturated rings. The van der Waals surface area contributed by atoms with Gasteiger partial charge in [-0.1, -0.05) is 83.9 Å². The summed E-state index contributed by atoms with van der Waals surface area (Å²) in [6, 6.07) is 22.7. The standard InChI is InChI=1S/C28H32ClN3O4S/c1-4-30-28(34)26(18-22-12-6-5-7-13-22)31(19-23-14-10-11-21(2)17-23)27(33)20-32(37(3,35)36)25-16-9-8-15-24(25)29/h5-17,26H,4,18-20H2,1-3H3,(H,30,34)/t26-/m0/s1. The van der Waals surface area contributed by atoms with Crippen molar-refractivity contribution in [1.82, 2.24) is 10.2 Å². The summed E-state index contributed by atoms with van der Waals surface area (Å²) < 4.78 is 26.5. The van der Waals surface area contributed by atoms with E-state index in [2.05, 4.69) is 5.32 Å². The molecule has 9 heteroatoms. The van der Waals surface area contributed by atoms with Gasteiger partial charge in [-0.15, -0.1) is 0 Å². The lowest BCUT2D eigenvalue weighted by molar-refractivity contribution is -0.140. The molecule has 0 saturated carbocycles. The van der Waals surface area contributed by atoms with Crippen LogP contribution >= 0.6 is 11.6 Å². The van der Waals surface area contributed by atoms with Gasteiger partial charge in [0, 0.05) is 19.5 Å². The van der Waals surface area contributed by atoms with E-state index in [0.717, 1.165) is 27.3 Å². The molecule has 3 rings (SSSR count). The van der Waals surface area contributed by atoms with Gasteiger partial charge < -0.3 is 10.2 Å². The fourth-order valence-corrected chi connectivity index (χ4v) is 5.25. The molecule has 0 aliphatic rings. The van der Waals surface area contributed by atoms with Crippen LogP contribution in [-0.2, 0) is 32.6 Å². The topological polar surface area (TPSA) is 86.8 Å². The second kappa shape index (κ2) is 12.7. The molecule has 3 aromatic carbocycles. The summed E-state index contributed by atoms with van der Waals surface area (Å²) in [6.45, 7) is 3.79. The van der Waals surface area contributed by atoms with E-state index in [1.807, 2.05) is 68.4 Å². The highest BCUT2D eigenvalue weighted by molar-refractivity contribution is 7.92. The number of sulfonamides is 1. The summed E-state index contributed by atoms with van der Waals surface area (Å²) in [5, 5.41) is 3.04. The highest BCUT2D eigenvalue weighted by Gasteiger charge is 2.33. The third kappa shape index (κ3) is 7.81. The minimum absolute atomic E-state index is 0.134. The Hall–Kier alpha value is -3.36. The van der Waals surface area contributed by atoms with Gasteiger partial charge in [0.25, 0.3) is 0 Å². The molecule has 0 aliphatic heterocycles. The first-order chi connectivity index (χ1) is 17.6. The van der Waals surface area contributed by atoms with E-state index in [1.165, 1.54) is 4.90 Å². The number of carbonyl (C=O) groups is 2. The molecular weight excluding hydrogens is 510 g/mol. The number of anilines is 1. The van der Waals surface area contributed by atoms with Crippen molar-refractivity contribution in [1.29, 1.82) is 0 Å². The zero-order valence-electron chi connectivity index (χ0n) is 21.2. The molecule has 0 bridgehead atoms. The van der Waals surface area contributed by atoms with Crippen molar-refractivity contribution < 1.29 is 18.0 Å². The third-order valence-electron chi connectivity index (χ3n) is 5.86. The Labute approximate surface area is 224 Å². The number of nitrogens with zero attached hydrogens (tertiary/aromatic N) is 2. The Morgan fingerprint density at radius 2 is 1.59 bits per heavy atom. The van der Waals surface area contributed by atoms with Crippen LogP contribution in [0.2, 0.25) is 5.02 Å². The van der Waals surface area contributed by atoms with Gasteiger partial charge >= 0.3 is 0 Å². The fourth-order valence-electron chi connectivity index (χ4n) is 4.10. The van der Waals surface area contributed by atoms with Crippen molar-refractivity contribution in [2.75, 3.05) is 23.7 Å². The van der Waals surface area contributed by atoms with Gasteiger partial charge in [-0.3, -0.25) is 13.9 Å². The maximum atomic E-state index is 13.9. The number of para-hydroxylation sites is 1. The van der Waals surface area contributed by atoms with Crippen molar-refractivity contribution >= 4 is 39.1 Å². The van der Waals surface area contributed by atoms with Crippen LogP contribution < -0.4 is 9.62 Å². The largest absolute Gasteiger partial charge is 0.355 e. The summed E-state index contributed by atoms with van der Waals surface area (Å²) in [4.78, 5) is 28.7. The Kier molecular flexibility index (Phi) is 9.72. The Bertz CT molecular complexity index is 1330. The van der Waals surface area contributed by atoms with E-state index in [9.17, 15) is 18.0 Å². The summed E-state index contributed by atoms with van der Waals surface area (Å²) in [6.07, 6.45) is 1.30. The maximum absolute atomic E-state index is 13.9. The minimum atomic E-state index is -3.86. The average molecular weight is 542 g/mol. The van der Waals surface area contributed by atoms with Crippen LogP contribution in [0.3, 0.4) is 0 Å². The number of rotatable bonds is 11. The number of nitrogens with one attached hydrogen (secondary N) is 1. The molecule has 0 aromatic heterocycles. The minimum Gasteiger partial charge on any atom is -0.355 e. The number of halogens is 1. The van der Waals surface area contributed by atoms with Gasteiger partial charge in [0.15, 0.2) is 0 Å². The first-order valence-corrected chi connectivity index (χ1v) is 14.2. The molecule has 1 N–H and O–H groups in total. The lowest BCUT2D eigenvalue weighted by Crippen LogP contribution is -2.53. The van der Waals surface area contributed by atoms with E-state index in [0.29, 0.717) is 6.54 Å². The lowest BCUT2D eigenvalue weighted by atomic mass is 10.0. The SMILES string of the molecule is CCNC(=O)[C@H](Cc1ccccc1)N(Cc1cccc(C)c1)C(=O)CN(c1ccccc1Cl)S(C)(=O)=O. The van der Waals surface area contributed by atoms with E-state index >= 15 is 0 Å². The number of aryl methyl sites for hydroxylation is 1. The van der Waals surface area contributed by atoms with Crippen molar-refractivity contribution in [3.05, 3.63) is 101 Å². The second-order valence-corrected chi connectivity index (χ2v) is 11.1. The van der Waals surface area contributed by atoms with Crippen LogP contribution in [0.1, 0.15) is 23.6 Å². The summed E-state index contributed by atoms with van der Waals surface area (Å²) in [5.74, 6) is -0.824. The first-order valence-electron chi connectivity index (χ1n) is 12.0. The zero-order chi connectivity index (χ0) is 27.0. The molecule has 0 aliphatic carbocycles. The number of hydrogen-bond donors (Lipinski definition) is 1. The molecule has 196 valence electrons. The van der Waals surface area contributed by atoms with Crippen molar-refractivity contribution in [3.63, 3.8) is 0 Å². The molecular formula is C28H32ClN3O4S. The lowest BCUT2D eigenvalue weighted by Gasteiger charge is -2.33. The first kappa shape index (κ1) is 28.2. The van der Waals surface area contributed by atoms with Crippen LogP contribution in [-0.4, -0.2) is 50.5 Å². The van der Waals surface area contributed by atoms with Crippen molar-refractivity contribution in [2.45, 2.75) is 32.9 Å². The second-order valence-electron chi connectivity index (χ2n) is 8.83. The Balaban J connectivity index is 2.05. The number of benzene rings is 3. The summed E-state index contributed by atoms with van der Waals surface area (Å²) in [7, 11) is -3.86. The highest BCUT2D eigenvalue weighted by atomic mass is 35.5. The van der Waals surface area contributed by atoms with Crippen LogP contribution in [0.15, 0.2) is 78.9 Å². The van der Waals surface area contributed by atoms with Gasteiger partial charge in [-0.05, 0) is 37.1 Å². The molecule has 1 atom stereocenters. The third-order valence-corrected chi connectivity index (χ3v) is 7.30. The number of hydrogen-bond acceptors (Lipinski definition) is 4. The van der Waals surface area contributed by atoms with Crippen LogP contribution in [0.25, 0.3) is 0 Å². The highest BCUT2D eigenvalue weighted by Crippen LogP contribution is 2.27. The van der Waals surface area contributed by atoms with Gasteiger partial charge in [0.2, 0.25) is 21.8 Å². The monoisotopic (exact) mass is 541 g/mol. The maximum Gasteiger partial charge on any atom is 0.244 e. The van der Waals surface area contributed by atoms with Gasteiger partial charge in [0.05, 0.1) is 17.0 Å². The summed E-state index contributed by atoms with van der Waals surface area (Å²) in [5.41, 5.74) is 2.93.